The van der Waals surface area contributed by atoms with Gasteiger partial charge < -0.3 is 15.3 Å². The minimum atomic E-state index is -0.372. The first-order chi connectivity index (χ1) is 8.52. The Morgan fingerprint density at radius 2 is 2.28 bits per heavy atom. The number of benzene rings is 1. The molecule has 0 bridgehead atoms. The van der Waals surface area contributed by atoms with Crippen LogP contribution in [0, 0.1) is 0 Å². The van der Waals surface area contributed by atoms with E-state index in [0.717, 1.165) is 16.8 Å². The summed E-state index contributed by atoms with van der Waals surface area (Å²) in [6, 6.07) is 5.13. The van der Waals surface area contributed by atoms with Crippen molar-refractivity contribution in [2.24, 2.45) is 0 Å². The van der Waals surface area contributed by atoms with Crippen molar-refractivity contribution in [3.05, 3.63) is 29.3 Å². The van der Waals surface area contributed by atoms with Gasteiger partial charge in [0, 0.05) is 19.7 Å². The van der Waals surface area contributed by atoms with Crippen molar-refractivity contribution >= 4 is 17.5 Å². The molecule has 1 aliphatic rings. The quantitative estimate of drug-likeness (QED) is 0.827. The highest BCUT2D eigenvalue weighted by atomic mass is 16.3. The van der Waals surface area contributed by atoms with Crippen molar-refractivity contribution in [1.29, 1.82) is 0 Å². The second-order valence-corrected chi connectivity index (χ2v) is 4.47. The van der Waals surface area contributed by atoms with Crippen molar-refractivity contribution in [1.82, 2.24) is 4.90 Å². The number of nitrogens with zero attached hydrogens (tertiary/aromatic N) is 1. The highest BCUT2D eigenvalue weighted by Crippen LogP contribution is 2.28. The van der Waals surface area contributed by atoms with Gasteiger partial charge in [0.25, 0.3) is 0 Å². The number of aliphatic hydroxyl groups is 1. The molecule has 0 spiro atoms. The van der Waals surface area contributed by atoms with Gasteiger partial charge in [0.2, 0.25) is 11.8 Å². The number of likely N-dealkylation sites (N-methyl/N-ethyl adjacent to an activating group) is 1. The first-order valence-corrected chi connectivity index (χ1v) is 5.80. The van der Waals surface area contributed by atoms with Crippen LogP contribution in [0.2, 0.25) is 0 Å². The fourth-order valence-corrected chi connectivity index (χ4v) is 2.13. The number of hydrogen-bond donors (Lipinski definition) is 2. The first kappa shape index (κ1) is 12.6. The third-order valence-corrected chi connectivity index (χ3v) is 3.28. The third kappa shape index (κ3) is 2.22. The summed E-state index contributed by atoms with van der Waals surface area (Å²) >= 11 is 0. The van der Waals surface area contributed by atoms with E-state index >= 15 is 0 Å². The molecule has 1 aromatic rings. The smallest absolute Gasteiger partial charge is 0.228 e. The van der Waals surface area contributed by atoms with Crippen molar-refractivity contribution in [3.8, 4) is 0 Å². The van der Waals surface area contributed by atoms with E-state index in [1.165, 1.54) is 11.8 Å². The fraction of sp³-hybridized carbons (Fsp3) is 0.385. The van der Waals surface area contributed by atoms with Crippen LogP contribution in [0.3, 0.4) is 0 Å². The number of amides is 2. The van der Waals surface area contributed by atoms with E-state index in [9.17, 15) is 14.7 Å². The van der Waals surface area contributed by atoms with E-state index in [4.69, 9.17) is 0 Å². The van der Waals surface area contributed by atoms with Gasteiger partial charge in [0.1, 0.15) is 0 Å². The summed E-state index contributed by atoms with van der Waals surface area (Å²) in [5.74, 6) is -0.133. The van der Waals surface area contributed by atoms with E-state index < -0.39 is 0 Å². The number of rotatable bonds is 3. The van der Waals surface area contributed by atoms with Crippen LogP contribution in [0.5, 0.6) is 0 Å². The molecule has 0 saturated carbocycles. The van der Waals surface area contributed by atoms with E-state index in [0.29, 0.717) is 6.42 Å². The average Bonchev–Trinajstić information content (AvgIpc) is 2.69. The lowest BCUT2D eigenvalue weighted by atomic mass is 10.0. The third-order valence-electron chi connectivity index (χ3n) is 3.28. The standard InChI is InChI=1S/C13H16N2O3/c1-8(17)15(2)12(7-16)9-3-4-11-10(5-9)6-13(18)14-11/h3-5,12,16H,6-7H2,1-2H3,(H,14,18). The SMILES string of the molecule is CC(=O)N(C)C(CO)c1ccc2c(c1)CC(=O)N2. The molecule has 1 heterocycles. The normalized spacial score (nSPS) is 14.9. The molecule has 0 radical (unpaired) electrons. The van der Waals surface area contributed by atoms with Gasteiger partial charge in [-0.25, -0.2) is 0 Å². The molecule has 18 heavy (non-hydrogen) atoms. The highest BCUT2D eigenvalue weighted by molar-refractivity contribution is 5.99. The van der Waals surface area contributed by atoms with Crippen LogP contribution in [-0.4, -0.2) is 35.5 Å². The number of anilines is 1. The summed E-state index contributed by atoms with van der Waals surface area (Å²) in [5.41, 5.74) is 2.56. The Balaban J connectivity index is 2.31. The maximum Gasteiger partial charge on any atom is 0.228 e. The Bertz CT molecular complexity index is 499. The molecular formula is C13H16N2O3. The second-order valence-electron chi connectivity index (χ2n) is 4.47. The van der Waals surface area contributed by atoms with Gasteiger partial charge in [-0.3, -0.25) is 9.59 Å². The van der Waals surface area contributed by atoms with Gasteiger partial charge in [-0.2, -0.15) is 0 Å². The van der Waals surface area contributed by atoms with Crippen LogP contribution < -0.4 is 5.32 Å². The predicted octanol–water partition coefficient (Wildman–Crippen LogP) is 0.693. The Morgan fingerprint density at radius 1 is 1.56 bits per heavy atom. The first-order valence-electron chi connectivity index (χ1n) is 5.80. The fourth-order valence-electron chi connectivity index (χ4n) is 2.13. The Morgan fingerprint density at radius 3 is 2.89 bits per heavy atom. The van der Waals surface area contributed by atoms with Crippen molar-refractivity contribution in [2.45, 2.75) is 19.4 Å². The van der Waals surface area contributed by atoms with Crippen LogP contribution in [0.4, 0.5) is 5.69 Å². The van der Waals surface area contributed by atoms with Crippen LogP contribution >= 0.6 is 0 Å². The van der Waals surface area contributed by atoms with E-state index in [-0.39, 0.29) is 24.5 Å². The zero-order chi connectivity index (χ0) is 13.3. The van der Waals surface area contributed by atoms with Gasteiger partial charge in [-0.1, -0.05) is 12.1 Å². The van der Waals surface area contributed by atoms with Crippen molar-refractivity contribution in [2.75, 3.05) is 19.0 Å². The van der Waals surface area contributed by atoms with Crippen LogP contribution in [0.25, 0.3) is 0 Å². The molecular weight excluding hydrogens is 232 g/mol. The molecule has 0 saturated heterocycles. The lowest BCUT2D eigenvalue weighted by Gasteiger charge is -2.26. The Labute approximate surface area is 105 Å². The summed E-state index contributed by atoms with van der Waals surface area (Å²) in [6.45, 7) is 1.32. The maximum atomic E-state index is 11.4. The van der Waals surface area contributed by atoms with Gasteiger partial charge in [-0.15, -0.1) is 0 Å². The number of carbonyl (C=O) groups excluding carboxylic acids is 2. The van der Waals surface area contributed by atoms with Gasteiger partial charge in [0.05, 0.1) is 19.1 Å². The zero-order valence-corrected chi connectivity index (χ0v) is 10.4. The summed E-state index contributed by atoms with van der Waals surface area (Å²) in [5, 5.41) is 12.2. The van der Waals surface area contributed by atoms with Gasteiger partial charge >= 0.3 is 0 Å². The molecule has 5 heteroatoms. The molecule has 1 aromatic carbocycles. The van der Waals surface area contributed by atoms with E-state index in [1.807, 2.05) is 18.2 Å². The molecule has 0 fully saturated rings. The molecule has 1 aliphatic heterocycles. The molecule has 96 valence electrons. The Hall–Kier alpha value is -1.88. The molecule has 1 unspecified atom stereocenters. The predicted molar refractivity (Wildman–Crippen MR) is 67.0 cm³/mol. The van der Waals surface area contributed by atoms with E-state index in [2.05, 4.69) is 5.32 Å². The van der Waals surface area contributed by atoms with Gasteiger partial charge in [0.15, 0.2) is 0 Å². The molecule has 2 amide bonds. The topological polar surface area (TPSA) is 69.6 Å². The minimum absolute atomic E-state index is 0.0254. The number of carbonyl (C=O) groups is 2. The van der Waals surface area contributed by atoms with Crippen LogP contribution in [-0.2, 0) is 16.0 Å². The van der Waals surface area contributed by atoms with Gasteiger partial charge in [-0.05, 0) is 17.2 Å². The maximum absolute atomic E-state index is 11.4. The molecule has 0 aliphatic carbocycles. The molecule has 2 rings (SSSR count). The molecule has 5 nitrogen and oxygen atoms in total. The van der Waals surface area contributed by atoms with Crippen LogP contribution in [0.1, 0.15) is 24.1 Å². The lowest BCUT2D eigenvalue weighted by molar-refractivity contribution is -0.130. The second kappa shape index (κ2) is 4.78. The minimum Gasteiger partial charge on any atom is -0.394 e. The molecule has 1 atom stereocenters. The monoisotopic (exact) mass is 248 g/mol. The average molecular weight is 248 g/mol. The number of aliphatic hydroxyl groups excluding tert-OH is 1. The summed E-state index contributed by atoms with van der Waals surface area (Å²) in [7, 11) is 1.65. The summed E-state index contributed by atoms with van der Waals surface area (Å²) in [4.78, 5) is 24.1. The van der Waals surface area contributed by atoms with Crippen molar-refractivity contribution in [3.63, 3.8) is 0 Å². The Kier molecular flexibility index (Phi) is 3.34. The number of nitrogens with one attached hydrogen (secondary N) is 1. The summed E-state index contributed by atoms with van der Waals surface area (Å²) in [6.07, 6.45) is 0.352. The lowest BCUT2D eigenvalue weighted by Crippen LogP contribution is -2.31. The number of hydrogen-bond acceptors (Lipinski definition) is 3. The highest BCUT2D eigenvalue weighted by Gasteiger charge is 2.22. The summed E-state index contributed by atoms with van der Waals surface area (Å²) < 4.78 is 0. The zero-order valence-electron chi connectivity index (χ0n) is 10.4. The van der Waals surface area contributed by atoms with E-state index in [1.54, 1.807) is 7.05 Å². The number of fused-ring (bicyclic) bond motifs is 1. The molecule has 2 N–H and O–H groups in total. The molecule has 0 aromatic heterocycles. The van der Waals surface area contributed by atoms with Crippen LogP contribution in [0.15, 0.2) is 18.2 Å². The largest absolute Gasteiger partial charge is 0.394 e. The van der Waals surface area contributed by atoms with Crippen molar-refractivity contribution < 1.29 is 14.7 Å².